The summed E-state index contributed by atoms with van der Waals surface area (Å²) in [4.78, 5) is 4.50. The van der Waals surface area contributed by atoms with Gasteiger partial charge in [-0.1, -0.05) is 116 Å². The van der Waals surface area contributed by atoms with E-state index in [1.165, 1.54) is 15.8 Å². The van der Waals surface area contributed by atoms with E-state index in [4.69, 9.17) is 0 Å². The van der Waals surface area contributed by atoms with Crippen molar-refractivity contribution in [1.82, 2.24) is 0 Å². The maximum Gasteiger partial charge on any atom is 0.0991 e. The van der Waals surface area contributed by atoms with Gasteiger partial charge in [0.2, 0.25) is 0 Å². The lowest BCUT2D eigenvalue weighted by Crippen LogP contribution is -2.37. The molecule has 0 aliphatic carbocycles. The van der Waals surface area contributed by atoms with E-state index < -0.39 is 16.1 Å². The summed E-state index contributed by atoms with van der Waals surface area (Å²) >= 11 is 0. The summed E-state index contributed by atoms with van der Waals surface area (Å²) in [7, 11) is -2.88. The summed E-state index contributed by atoms with van der Waals surface area (Å²) in [5.74, 6) is 0. The number of fused-ring (bicyclic) bond motifs is 1. The molecule has 7 rings (SSSR count). The molecule has 0 fully saturated rings. The molecule has 0 saturated heterocycles. The van der Waals surface area contributed by atoms with Crippen LogP contribution in [0.4, 0.5) is 34.1 Å². The van der Waals surface area contributed by atoms with E-state index in [1.54, 1.807) is 0 Å². The van der Waals surface area contributed by atoms with Crippen LogP contribution in [0.2, 0.25) is 39.3 Å². The van der Waals surface area contributed by atoms with Crippen molar-refractivity contribution in [3.8, 4) is 12.1 Å². The van der Waals surface area contributed by atoms with E-state index in [2.05, 4.69) is 183 Å². The number of nitrogens with zero attached hydrogens (tertiary/aromatic N) is 4. The Balaban J connectivity index is 1.15. The number of benzene rings is 7. The minimum atomic E-state index is -1.44. The molecule has 7 aromatic rings. The molecule has 7 aromatic carbocycles. The first-order valence-corrected chi connectivity index (χ1v) is 26.0. The second-order valence-corrected chi connectivity index (χ2v) is 26.5. The third-order valence-corrected chi connectivity index (χ3v) is 14.3. The molecule has 274 valence electrons. The lowest BCUT2D eigenvalue weighted by Gasteiger charge is -2.27. The maximum atomic E-state index is 9.43. The molecule has 6 heteroatoms. The molecule has 0 atom stereocenters. The predicted molar refractivity (Wildman–Crippen MR) is 244 cm³/mol. The van der Waals surface area contributed by atoms with Gasteiger partial charge in [0.1, 0.15) is 0 Å². The average molecular weight is 759 g/mol. The van der Waals surface area contributed by atoms with Crippen LogP contribution in [0.15, 0.2) is 158 Å². The zero-order valence-electron chi connectivity index (χ0n) is 33.0. The molecule has 0 heterocycles. The highest BCUT2D eigenvalue weighted by Crippen LogP contribution is 2.37. The lowest BCUT2D eigenvalue weighted by atomic mass is 10.0. The van der Waals surface area contributed by atoms with Crippen molar-refractivity contribution in [3.05, 3.63) is 180 Å². The Kier molecular flexibility index (Phi) is 10.6. The predicted octanol–water partition coefficient (Wildman–Crippen LogP) is 12.8. The SMILES string of the molecule is C[Si](C)(C)c1ccc(N(c2ccc(C#N)cc2)c2ccc(/C=C/c3ccc4cc(N(c5ccc(C#N)cc5)c5ccc([Si](C)(C)C)cc5)ccc4c3)cc2)cc1. The van der Waals surface area contributed by atoms with Crippen LogP contribution in [-0.2, 0) is 0 Å². The molecular weight excluding hydrogens is 713 g/mol. The molecule has 0 aliphatic heterocycles. The van der Waals surface area contributed by atoms with Gasteiger partial charge >= 0.3 is 0 Å². The van der Waals surface area contributed by atoms with Gasteiger partial charge in [0.15, 0.2) is 0 Å². The summed E-state index contributed by atoms with van der Waals surface area (Å²) in [5, 5.41) is 24.0. The quantitative estimate of drug-likeness (QED) is 0.103. The molecule has 0 bridgehead atoms. The van der Waals surface area contributed by atoms with Crippen LogP contribution in [0.5, 0.6) is 0 Å². The normalized spacial score (nSPS) is 11.6. The first-order chi connectivity index (χ1) is 26.9. The second kappa shape index (κ2) is 15.7. The molecule has 4 nitrogen and oxygen atoms in total. The topological polar surface area (TPSA) is 54.1 Å². The molecule has 56 heavy (non-hydrogen) atoms. The fraction of sp³-hybridized carbons (Fsp3) is 0.120. The summed E-state index contributed by atoms with van der Waals surface area (Å²) in [6.07, 6.45) is 4.32. The van der Waals surface area contributed by atoms with E-state index >= 15 is 0 Å². The number of hydrogen-bond acceptors (Lipinski definition) is 4. The molecule has 0 aromatic heterocycles. The summed E-state index contributed by atoms with van der Waals surface area (Å²) in [6.45, 7) is 14.2. The van der Waals surface area contributed by atoms with Crippen LogP contribution < -0.4 is 20.2 Å². The smallest absolute Gasteiger partial charge is 0.0991 e. The van der Waals surface area contributed by atoms with Crippen molar-refractivity contribution in [2.75, 3.05) is 9.80 Å². The summed E-state index contributed by atoms with van der Waals surface area (Å²) < 4.78 is 0. The number of rotatable bonds is 10. The highest BCUT2D eigenvalue weighted by atomic mass is 28.3. The van der Waals surface area contributed by atoms with E-state index in [-0.39, 0.29) is 0 Å². The Morgan fingerprint density at radius 2 is 0.696 bits per heavy atom. The number of hydrogen-bond donors (Lipinski definition) is 0. The Labute approximate surface area is 333 Å². The van der Waals surface area contributed by atoms with E-state index in [1.807, 2.05) is 48.5 Å². The summed E-state index contributed by atoms with van der Waals surface area (Å²) in [6, 6.07) is 59.8. The summed E-state index contributed by atoms with van der Waals surface area (Å²) in [5.41, 5.74) is 9.82. The highest BCUT2D eigenvalue weighted by Gasteiger charge is 2.20. The van der Waals surface area contributed by atoms with E-state index in [0.717, 1.165) is 50.6 Å². The van der Waals surface area contributed by atoms with Gasteiger partial charge in [-0.15, -0.1) is 0 Å². The van der Waals surface area contributed by atoms with Crippen LogP contribution in [0.25, 0.3) is 22.9 Å². The van der Waals surface area contributed by atoms with Gasteiger partial charge in [0, 0.05) is 34.1 Å². The van der Waals surface area contributed by atoms with Gasteiger partial charge in [0.05, 0.1) is 39.4 Å². The Morgan fingerprint density at radius 1 is 0.375 bits per heavy atom. The van der Waals surface area contributed by atoms with Gasteiger partial charge < -0.3 is 9.80 Å². The first kappa shape index (κ1) is 37.9. The highest BCUT2D eigenvalue weighted by molar-refractivity contribution is 6.89. The van der Waals surface area contributed by atoms with Gasteiger partial charge in [-0.2, -0.15) is 10.5 Å². The number of anilines is 6. The monoisotopic (exact) mass is 758 g/mol. The fourth-order valence-electron chi connectivity index (χ4n) is 6.91. The molecule has 0 aliphatic rings. The van der Waals surface area contributed by atoms with Crippen LogP contribution in [0.3, 0.4) is 0 Å². The van der Waals surface area contributed by atoms with Crippen molar-refractivity contribution in [3.63, 3.8) is 0 Å². The zero-order chi connectivity index (χ0) is 39.5. The molecule has 0 unspecified atom stereocenters. The van der Waals surface area contributed by atoms with Crippen molar-refractivity contribution in [2.45, 2.75) is 39.3 Å². The Hall–Kier alpha value is -6.45. The van der Waals surface area contributed by atoms with Crippen LogP contribution >= 0.6 is 0 Å². The molecular formula is C50H46N4Si2. The van der Waals surface area contributed by atoms with Gasteiger partial charge in [0.25, 0.3) is 0 Å². The molecule has 0 saturated carbocycles. The van der Waals surface area contributed by atoms with Crippen molar-refractivity contribution in [2.24, 2.45) is 0 Å². The molecule has 0 radical (unpaired) electrons. The van der Waals surface area contributed by atoms with Crippen molar-refractivity contribution < 1.29 is 0 Å². The van der Waals surface area contributed by atoms with Crippen LogP contribution in [0.1, 0.15) is 22.3 Å². The zero-order valence-corrected chi connectivity index (χ0v) is 35.0. The molecule has 0 N–H and O–H groups in total. The van der Waals surface area contributed by atoms with Crippen molar-refractivity contribution in [1.29, 1.82) is 10.5 Å². The Morgan fingerprint density at radius 3 is 1.12 bits per heavy atom. The second-order valence-electron chi connectivity index (χ2n) is 16.3. The first-order valence-electron chi connectivity index (χ1n) is 19.0. The standard InChI is InChI=1S/C50H46N4Si2/c1-55(2,3)49-29-25-46(26-30-49)53(44-20-12-39(35-51)13-21-44)43-18-10-37(11-19-43)7-8-38-9-16-42-34-48(24-17-41(42)33-38)54(45-22-14-40(36-52)15-23-45)47-27-31-50(32-28-47)56(4,5)6/h7-34H,1-6H3/b8-7+. The fourth-order valence-corrected chi connectivity index (χ4v) is 9.24. The van der Waals surface area contributed by atoms with Gasteiger partial charge in [-0.05, 0) is 125 Å². The molecule has 0 amide bonds. The minimum absolute atomic E-state index is 0.644. The largest absolute Gasteiger partial charge is 0.311 e. The van der Waals surface area contributed by atoms with Crippen LogP contribution in [0, 0.1) is 22.7 Å². The van der Waals surface area contributed by atoms with Gasteiger partial charge in [-0.3, -0.25) is 0 Å². The van der Waals surface area contributed by atoms with Crippen LogP contribution in [-0.4, -0.2) is 16.1 Å². The van der Waals surface area contributed by atoms with E-state index in [9.17, 15) is 10.5 Å². The third kappa shape index (κ3) is 8.43. The maximum absolute atomic E-state index is 9.43. The average Bonchev–Trinajstić information content (AvgIpc) is 3.21. The Bertz CT molecular complexity index is 2580. The number of nitriles is 2. The third-order valence-electron chi connectivity index (χ3n) is 10.2. The van der Waals surface area contributed by atoms with E-state index in [0.29, 0.717) is 11.1 Å². The molecule has 0 spiro atoms. The van der Waals surface area contributed by atoms with Crippen molar-refractivity contribution >= 4 is 83.6 Å². The van der Waals surface area contributed by atoms with Gasteiger partial charge in [-0.25, -0.2) is 0 Å². The minimum Gasteiger partial charge on any atom is -0.311 e. The lowest BCUT2D eigenvalue weighted by molar-refractivity contribution is 1.28.